The number of halogens is 4. The number of hydrogen-bond acceptors (Lipinski definition) is 3. The number of nitrogens with zero attached hydrogens (tertiary/aromatic N) is 3. The van der Waals surface area contributed by atoms with E-state index in [0.29, 0.717) is 24.1 Å². The molecule has 0 saturated heterocycles. The predicted molar refractivity (Wildman–Crippen MR) is 157 cm³/mol. The molecule has 0 bridgehead atoms. The van der Waals surface area contributed by atoms with Gasteiger partial charge < -0.3 is 9.47 Å². The summed E-state index contributed by atoms with van der Waals surface area (Å²) in [6.07, 6.45) is 2.23. The maximum atomic E-state index is 14.0. The number of carbonyl (C=O) groups excluding carboxylic acids is 1. The highest BCUT2D eigenvalue weighted by atomic mass is 35.5. The van der Waals surface area contributed by atoms with E-state index in [1.54, 1.807) is 18.7 Å². The maximum Gasteiger partial charge on any atom is 0.416 e. The standard InChI is InChI=1S/C31H37ClF3N3O3S/c1-3-23(2)38(42(40,41)28-16-9-12-25(19-28)31(33,34)35)22-30(39)37(26-13-5-4-6-14-26)21-27-15-10-18-36(27)20-24-11-7-8-17-29(24)32/h7-12,15-19,23,26H,3-6,13-14,20-22H2,1-2H3. The molecule has 0 aliphatic heterocycles. The molecule has 42 heavy (non-hydrogen) atoms. The number of hydrogen-bond donors (Lipinski definition) is 0. The molecule has 0 radical (unpaired) electrons. The van der Waals surface area contributed by atoms with Gasteiger partial charge in [-0.1, -0.05) is 62.1 Å². The smallest absolute Gasteiger partial charge is 0.345 e. The Morgan fingerprint density at radius 2 is 1.76 bits per heavy atom. The lowest BCUT2D eigenvalue weighted by molar-refractivity contribution is -0.138. The van der Waals surface area contributed by atoms with Crippen molar-refractivity contribution in [2.45, 2.75) is 88.6 Å². The third kappa shape index (κ3) is 7.57. The number of aromatic nitrogens is 1. The monoisotopic (exact) mass is 623 g/mol. The van der Waals surface area contributed by atoms with E-state index in [-0.39, 0.29) is 18.5 Å². The summed E-state index contributed by atoms with van der Waals surface area (Å²) in [5.74, 6) is -0.372. The Balaban J connectivity index is 1.64. The molecule has 1 aliphatic carbocycles. The Bertz CT molecular complexity index is 1470. The van der Waals surface area contributed by atoms with Crippen LogP contribution in [0.1, 0.15) is 69.2 Å². The second-order valence-corrected chi connectivity index (χ2v) is 13.2. The van der Waals surface area contributed by atoms with Crippen molar-refractivity contribution < 1.29 is 26.4 Å². The van der Waals surface area contributed by atoms with Gasteiger partial charge in [-0.3, -0.25) is 4.79 Å². The second kappa shape index (κ2) is 13.7. The van der Waals surface area contributed by atoms with Gasteiger partial charge in [0.1, 0.15) is 0 Å². The van der Waals surface area contributed by atoms with Crippen LogP contribution >= 0.6 is 11.6 Å². The Labute approximate surface area is 251 Å². The molecule has 4 rings (SSSR count). The van der Waals surface area contributed by atoms with Crippen molar-refractivity contribution in [2.75, 3.05) is 6.54 Å². The fourth-order valence-electron chi connectivity index (χ4n) is 5.42. The molecule has 1 amide bonds. The van der Waals surface area contributed by atoms with Crippen LogP contribution in [0.4, 0.5) is 13.2 Å². The van der Waals surface area contributed by atoms with E-state index in [2.05, 4.69) is 0 Å². The molecular weight excluding hydrogens is 587 g/mol. The molecule has 1 saturated carbocycles. The molecular formula is C31H37ClF3N3O3S. The average molecular weight is 624 g/mol. The van der Waals surface area contributed by atoms with Gasteiger partial charge in [0.05, 0.1) is 23.5 Å². The van der Waals surface area contributed by atoms with E-state index < -0.39 is 39.2 Å². The van der Waals surface area contributed by atoms with Gasteiger partial charge in [0.2, 0.25) is 15.9 Å². The topological polar surface area (TPSA) is 62.6 Å². The number of benzene rings is 2. The minimum atomic E-state index is -4.70. The lowest BCUT2D eigenvalue weighted by Gasteiger charge is -2.37. The van der Waals surface area contributed by atoms with Gasteiger partial charge in [0, 0.05) is 35.5 Å². The molecule has 11 heteroatoms. The molecule has 3 aromatic rings. The normalized spacial score (nSPS) is 15.6. The summed E-state index contributed by atoms with van der Waals surface area (Å²) < 4.78 is 70.7. The molecule has 1 fully saturated rings. The van der Waals surface area contributed by atoms with Gasteiger partial charge in [0.25, 0.3) is 0 Å². The summed E-state index contributed by atoms with van der Waals surface area (Å²) in [6, 6.07) is 14.4. The highest BCUT2D eigenvalue weighted by molar-refractivity contribution is 7.89. The maximum absolute atomic E-state index is 14.0. The van der Waals surface area contributed by atoms with Crippen molar-refractivity contribution >= 4 is 27.5 Å². The van der Waals surface area contributed by atoms with Crippen molar-refractivity contribution in [1.29, 1.82) is 0 Å². The number of carbonyl (C=O) groups is 1. The number of rotatable bonds is 11. The molecule has 2 aromatic carbocycles. The first-order chi connectivity index (χ1) is 19.9. The first kappa shape index (κ1) is 32.1. The largest absolute Gasteiger partial charge is 0.416 e. The molecule has 228 valence electrons. The van der Waals surface area contributed by atoms with Crippen LogP contribution in [-0.2, 0) is 34.1 Å². The van der Waals surface area contributed by atoms with Crippen molar-refractivity contribution in [3.05, 3.63) is 88.7 Å². The van der Waals surface area contributed by atoms with Gasteiger partial charge in [-0.25, -0.2) is 8.42 Å². The number of amides is 1. The predicted octanol–water partition coefficient (Wildman–Crippen LogP) is 7.36. The van der Waals surface area contributed by atoms with E-state index in [0.717, 1.165) is 65.9 Å². The molecule has 1 heterocycles. The Morgan fingerprint density at radius 3 is 2.43 bits per heavy atom. The van der Waals surface area contributed by atoms with E-state index in [1.807, 2.05) is 47.2 Å². The molecule has 6 nitrogen and oxygen atoms in total. The van der Waals surface area contributed by atoms with Crippen LogP contribution < -0.4 is 0 Å². The first-order valence-corrected chi connectivity index (χ1v) is 16.1. The van der Waals surface area contributed by atoms with Crippen LogP contribution in [-0.4, -0.2) is 46.7 Å². The molecule has 1 aliphatic rings. The minimum absolute atomic E-state index is 0.0649. The summed E-state index contributed by atoms with van der Waals surface area (Å²) in [4.78, 5) is 15.3. The van der Waals surface area contributed by atoms with Crippen LogP contribution in [0.5, 0.6) is 0 Å². The van der Waals surface area contributed by atoms with Gasteiger partial charge >= 0.3 is 6.18 Å². The van der Waals surface area contributed by atoms with E-state index in [4.69, 9.17) is 11.6 Å². The quantitative estimate of drug-likeness (QED) is 0.224. The molecule has 0 spiro atoms. The zero-order valence-corrected chi connectivity index (χ0v) is 25.4. The fraction of sp³-hybridized carbons (Fsp3) is 0.452. The highest BCUT2D eigenvalue weighted by Gasteiger charge is 2.36. The van der Waals surface area contributed by atoms with Crippen molar-refractivity contribution in [3.8, 4) is 0 Å². The van der Waals surface area contributed by atoms with Gasteiger partial charge in [0.15, 0.2) is 0 Å². The lowest BCUT2D eigenvalue weighted by atomic mass is 9.94. The Hall–Kier alpha value is -2.82. The van der Waals surface area contributed by atoms with Gasteiger partial charge in [-0.15, -0.1) is 0 Å². The Morgan fingerprint density at radius 1 is 1.05 bits per heavy atom. The van der Waals surface area contributed by atoms with Crippen molar-refractivity contribution in [3.63, 3.8) is 0 Å². The average Bonchev–Trinajstić information content (AvgIpc) is 3.41. The highest BCUT2D eigenvalue weighted by Crippen LogP contribution is 2.32. The number of sulfonamides is 1. The molecule has 1 atom stereocenters. The van der Waals surface area contributed by atoms with Crippen molar-refractivity contribution in [1.82, 2.24) is 13.8 Å². The zero-order chi connectivity index (χ0) is 30.5. The van der Waals surface area contributed by atoms with Gasteiger partial charge in [-0.05, 0) is 68.1 Å². The Kier molecular flexibility index (Phi) is 10.4. The molecule has 1 unspecified atom stereocenters. The SMILES string of the molecule is CCC(C)N(CC(=O)N(Cc1cccn1Cc1ccccc1Cl)C1CCCCC1)S(=O)(=O)c1cccc(C(F)(F)F)c1. The first-order valence-electron chi connectivity index (χ1n) is 14.3. The molecule has 0 N–H and O–H groups in total. The zero-order valence-electron chi connectivity index (χ0n) is 23.9. The van der Waals surface area contributed by atoms with E-state index >= 15 is 0 Å². The minimum Gasteiger partial charge on any atom is -0.345 e. The molecule has 1 aromatic heterocycles. The van der Waals surface area contributed by atoms with Crippen LogP contribution in [0.25, 0.3) is 0 Å². The van der Waals surface area contributed by atoms with E-state index in [9.17, 15) is 26.4 Å². The van der Waals surface area contributed by atoms with Crippen LogP contribution in [0.3, 0.4) is 0 Å². The van der Waals surface area contributed by atoms with Crippen LogP contribution in [0, 0.1) is 0 Å². The third-order valence-electron chi connectivity index (χ3n) is 8.03. The van der Waals surface area contributed by atoms with Crippen LogP contribution in [0.2, 0.25) is 5.02 Å². The van der Waals surface area contributed by atoms with Crippen molar-refractivity contribution in [2.24, 2.45) is 0 Å². The fourth-order valence-corrected chi connectivity index (χ4v) is 7.32. The van der Waals surface area contributed by atoms with E-state index in [1.165, 1.54) is 0 Å². The summed E-state index contributed by atoms with van der Waals surface area (Å²) in [7, 11) is -4.40. The third-order valence-corrected chi connectivity index (χ3v) is 10.4. The van der Waals surface area contributed by atoms with Crippen LogP contribution in [0.15, 0.2) is 71.8 Å². The lowest BCUT2D eigenvalue weighted by Crippen LogP contribution is -2.49. The summed E-state index contributed by atoms with van der Waals surface area (Å²) >= 11 is 6.40. The van der Waals surface area contributed by atoms with Gasteiger partial charge in [-0.2, -0.15) is 17.5 Å². The summed E-state index contributed by atoms with van der Waals surface area (Å²) in [5, 5.41) is 0.640. The summed E-state index contributed by atoms with van der Waals surface area (Å²) in [6.45, 7) is 3.77. The number of alkyl halides is 3. The summed E-state index contributed by atoms with van der Waals surface area (Å²) in [5.41, 5.74) is 0.758. The second-order valence-electron chi connectivity index (χ2n) is 10.9.